The fourth-order valence-electron chi connectivity index (χ4n) is 0.856. The van der Waals surface area contributed by atoms with Gasteiger partial charge in [-0.15, -0.1) is 13.1 Å². The third kappa shape index (κ3) is 31.4. The molecule has 0 rings (SSSR count). The Morgan fingerprint density at radius 1 is 0.667 bits per heavy atom. The van der Waals surface area contributed by atoms with Crippen molar-refractivity contribution in [3.8, 4) is 0 Å². The summed E-state index contributed by atoms with van der Waals surface area (Å²) in [5.41, 5.74) is 0. The van der Waals surface area contributed by atoms with Crippen LogP contribution in [0.2, 0.25) is 0 Å². The second-order valence-electron chi connectivity index (χ2n) is 3.23. The molecule has 3 heteroatoms. The molecule has 0 aliphatic heterocycles. The molecule has 15 heavy (non-hydrogen) atoms. The standard InChI is InChI=1S/2C6H14N.Al/c2*1-3-5-6-7-4-2;/h2*3-6H2,1-2H3;/q2*-1;+2. The van der Waals surface area contributed by atoms with E-state index in [1.807, 2.05) is 0 Å². The Morgan fingerprint density at radius 3 is 1.20 bits per heavy atom. The van der Waals surface area contributed by atoms with Crippen molar-refractivity contribution in [1.29, 1.82) is 0 Å². The Hall–Kier alpha value is 0.452. The van der Waals surface area contributed by atoms with E-state index in [-0.39, 0.29) is 17.4 Å². The van der Waals surface area contributed by atoms with E-state index in [0.29, 0.717) is 0 Å². The van der Waals surface area contributed by atoms with Crippen molar-refractivity contribution >= 4 is 17.4 Å². The monoisotopic (exact) mass is 227 g/mol. The zero-order valence-electron chi connectivity index (χ0n) is 11.1. The predicted octanol–water partition coefficient (Wildman–Crippen LogP) is 3.98. The summed E-state index contributed by atoms with van der Waals surface area (Å²) in [6, 6.07) is 0. The Balaban J connectivity index is -0.000000180. The molecule has 0 aromatic carbocycles. The fourth-order valence-corrected chi connectivity index (χ4v) is 0.856. The molecule has 0 aliphatic carbocycles. The first-order chi connectivity index (χ1) is 6.83. The van der Waals surface area contributed by atoms with Crippen molar-refractivity contribution < 1.29 is 0 Å². The molecule has 0 aromatic heterocycles. The maximum atomic E-state index is 4.16. The number of nitrogens with zero attached hydrogens (tertiary/aromatic N) is 2. The zero-order chi connectivity index (χ0) is 11.1. The normalized spacial score (nSPS) is 8.80. The zero-order valence-corrected chi connectivity index (χ0v) is 12.3. The van der Waals surface area contributed by atoms with Crippen LogP contribution in [0.4, 0.5) is 0 Å². The molecule has 0 atom stereocenters. The van der Waals surface area contributed by atoms with E-state index in [0.717, 1.165) is 26.2 Å². The first-order valence-corrected chi connectivity index (χ1v) is 6.09. The van der Waals surface area contributed by atoms with Gasteiger partial charge >= 0.3 is 17.4 Å². The maximum Gasteiger partial charge on any atom is 2.00 e. The van der Waals surface area contributed by atoms with E-state index < -0.39 is 0 Å². The molecule has 0 heterocycles. The molecule has 0 saturated carbocycles. The summed E-state index contributed by atoms with van der Waals surface area (Å²) in [5, 5.41) is 8.32. The topological polar surface area (TPSA) is 28.2 Å². The van der Waals surface area contributed by atoms with Crippen LogP contribution in [-0.4, -0.2) is 43.5 Å². The minimum atomic E-state index is 0. The molecule has 89 valence electrons. The first-order valence-electron chi connectivity index (χ1n) is 6.09. The fraction of sp³-hybridized carbons (Fsp3) is 1.00. The molecular weight excluding hydrogens is 199 g/mol. The minimum absolute atomic E-state index is 0. The van der Waals surface area contributed by atoms with Gasteiger partial charge in [-0.3, -0.25) is 0 Å². The van der Waals surface area contributed by atoms with Crippen LogP contribution < -0.4 is 0 Å². The largest absolute Gasteiger partial charge is 2.00 e. The quantitative estimate of drug-likeness (QED) is 0.443. The van der Waals surface area contributed by atoms with E-state index in [1.165, 1.54) is 25.7 Å². The summed E-state index contributed by atoms with van der Waals surface area (Å²) in [5.74, 6) is 0. The average Bonchev–Trinajstić information content (AvgIpc) is 2.21. The van der Waals surface area contributed by atoms with Gasteiger partial charge in [0.1, 0.15) is 0 Å². The van der Waals surface area contributed by atoms with Gasteiger partial charge in [-0.2, -0.15) is 13.1 Å². The minimum Gasteiger partial charge on any atom is -0.662 e. The summed E-state index contributed by atoms with van der Waals surface area (Å²) >= 11 is 0. The molecule has 0 aromatic rings. The molecule has 1 radical (unpaired) electrons. The van der Waals surface area contributed by atoms with Gasteiger partial charge in [0.05, 0.1) is 0 Å². The Kier molecular flexibility index (Phi) is 33.2. The van der Waals surface area contributed by atoms with Crippen molar-refractivity contribution in [3.05, 3.63) is 10.6 Å². The number of rotatable bonds is 8. The SMILES string of the molecule is CCCC[N-]CC.CCCC[N-]CC.[Al+2]. The molecule has 0 unspecified atom stereocenters. The van der Waals surface area contributed by atoms with Crippen LogP contribution in [0.25, 0.3) is 10.6 Å². The summed E-state index contributed by atoms with van der Waals surface area (Å²) in [6.07, 6.45) is 5.05. The van der Waals surface area contributed by atoms with Gasteiger partial charge in [0.25, 0.3) is 0 Å². The van der Waals surface area contributed by atoms with Crippen molar-refractivity contribution in [3.63, 3.8) is 0 Å². The second kappa shape index (κ2) is 23.9. The van der Waals surface area contributed by atoms with Crippen molar-refractivity contribution in [1.82, 2.24) is 0 Å². The third-order valence-corrected chi connectivity index (χ3v) is 1.79. The maximum absolute atomic E-state index is 4.16. The van der Waals surface area contributed by atoms with Gasteiger partial charge in [0.15, 0.2) is 0 Å². The van der Waals surface area contributed by atoms with Crippen molar-refractivity contribution in [2.24, 2.45) is 0 Å². The van der Waals surface area contributed by atoms with Crippen LogP contribution in [0.15, 0.2) is 0 Å². The smallest absolute Gasteiger partial charge is 0.662 e. The predicted molar refractivity (Wildman–Crippen MR) is 73.1 cm³/mol. The van der Waals surface area contributed by atoms with Crippen LogP contribution in [0.3, 0.4) is 0 Å². The average molecular weight is 227 g/mol. The molecule has 0 amide bonds. The van der Waals surface area contributed by atoms with Crippen LogP contribution in [-0.2, 0) is 0 Å². The van der Waals surface area contributed by atoms with Gasteiger partial charge in [0.2, 0.25) is 0 Å². The van der Waals surface area contributed by atoms with Crippen molar-refractivity contribution in [2.45, 2.75) is 53.4 Å². The Bertz CT molecular complexity index is 62.0. The molecule has 2 nitrogen and oxygen atoms in total. The van der Waals surface area contributed by atoms with Gasteiger partial charge < -0.3 is 10.6 Å². The van der Waals surface area contributed by atoms with E-state index in [2.05, 4.69) is 38.3 Å². The number of hydrogen-bond donors (Lipinski definition) is 0. The number of hydrogen-bond acceptors (Lipinski definition) is 0. The molecule has 0 N–H and O–H groups in total. The Morgan fingerprint density at radius 2 is 1.00 bits per heavy atom. The third-order valence-electron chi connectivity index (χ3n) is 1.79. The van der Waals surface area contributed by atoms with E-state index in [4.69, 9.17) is 0 Å². The van der Waals surface area contributed by atoms with Gasteiger partial charge in [-0.05, 0) is 0 Å². The summed E-state index contributed by atoms with van der Waals surface area (Å²) in [7, 11) is 0. The molecule has 0 spiro atoms. The van der Waals surface area contributed by atoms with Gasteiger partial charge in [-0.1, -0.05) is 53.4 Å². The van der Waals surface area contributed by atoms with E-state index in [9.17, 15) is 0 Å². The van der Waals surface area contributed by atoms with Crippen LogP contribution in [0.5, 0.6) is 0 Å². The summed E-state index contributed by atoms with van der Waals surface area (Å²) < 4.78 is 0. The molecule has 0 saturated heterocycles. The summed E-state index contributed by atoms with van der Waals surface area (Å²) in [6.45, 7) is 12.6. The van der Waals surface area contributed by atoms with Gasteiger partial charge in [0, 0.05) is 0 Å². The summed E-state index contributed by atoms with van der Waals surface area (Å²) in [4.78, 5) is 0. The first kappa shape index (κ1) is 20.8. The second-order valence-corrected chi connectivity index (χ2v) is 3.23. The number of unbranched alkanes of at least 4 members (excludes halogenated alkanes) is 2. The molecule has 0 bridgehead atoms. The van der Waals surface area contributed by atoms with Crippen LogP contribution in [0, 0.1) is 0 Å². The van der Waals surface area contributed by atoms with Crippen LogP contribution in [0.1, 0.15) is 53.4 Å². The van der Waals surface area contributed by atoms with Gasteiger partial charge in [-0.25, -0.2) is 0 Å². The van der Waals surface area contributed by atoms with E-state index in [1.54, 1.807) is 0 Å². The molecule has 0 aliphatic rings. The van der Waals surface area contributed by atoms with E-state index >= 15 is 0 Å². The van der Waals surface area contributed by atoms with Crippen LogP contribution >= 0.6 is 0 Å². The Labute approximate surface area is 108 Å². The van der Waals surface area contributed by atoms with Crippen molar-refractivity contribution in [2.75, 3.05) is 26.2 Å². The molecular formula is C12H28AlN2. The molecule has 0 fully saturated rings.